The summed E-state index contributed by atoms with van der Waals surface area (Å²) in [5, 5.41) is 12.7. The number of nitrogens with zero attached hydrogens (tertiary/aromatic N) is 2. The van der Waals surface area contributed by atoms with Gasteiger partial charge in [-0.05, 0) is 54.8 Å². The molecule has 0 amide bonds. The van der Waals surface area contributed by atoms with Crippen LogP contribution in [0.2, 0.25) is 0 Å². The van der Waals surface area contributed by atoms with Crippen LogP contribution >= 0.6 is 0 Å². The molecule has 158 valence electrons. The van der Waals surface area contributed by atoms with Gasteiger partial charge in [-0.15, -0.1) is 0 Å². The molecule has 1 saturated carbocycles. The van der Waals surface area contributed by atoms with Crippen LogP contribution < -0.4 is 20.4 Å². The third kappa shape index (κ3) is 5.33. The SMILES string of the molecule is Cc1cc(OCC2(CON=C(N)N)CC2)cc(OS(=O)(=O)c2ccccc2C#N)c1. The van der Waals surface area contributed by atoms with Gasteiger partial charge in [-0.1, -0.05) is 12.1 Å². The molecule has 30 heavy (non-hydrogen) atoms. The molecule has 1 aliphatic carbocycles. The zero-order chi connectivity index (χ0) is 21.8. The van der Waals surface area contributed by atoms with Crippen molar-refractivity contribution in [3.63, 3.8) is 0 Å². The second-order valence-electron chi connectivity index (χ2n) is 7.21. The average molecular weight is 430 g/mol. The minimum Gasteiger partial charge on any atom is -0.493 e. The summed E-state index contributed by atoms with van der Waals surface area (Å²) in [6.45, 7) is 2.48. The fourth-order valence-corrected chi connectivity index (χ4v) is 3.85. The number of nitrogens with two attached hydrogens (primary N) is 2. The van der Waals surface area contributed by atoms with E-state index in [2.05, 4.69) is 5.16 Å². The van der Waals surface area contributed by atoms with Crippen LogP contribution in [0.5, 0.6) is 11.5 Å². The van der Waals surface area contributed by atoms with Crippen molar-refractivity contribution in [2.75, 3.05) is 13.2 Å². The zero-order valence-corrected chi connectivity index (χ0v) is 17.2. The fourth-order valence-electron chi connectivity index (χ4n) is 2.78. The van der Waals surface area contributed by atoms with Gasteiger partial charge in [0.2, 0.25) is 5.96 Å². The number of ether oxygens (including phenoxy) is 1. The summed E-state index contributed by atoms with van der Waals surface area (Å²) in [7, 11) is -4.18. The predicted molar refractivity (Wildman–Crippen MR) is 109 cm³/mol. The van der Waals surface area contributed by atoms with Crippen LogP contribution in [-0.4, -0.2) is 27.6 Å². The van der Waals surface area contributed by atoms with E-state index in [1.807, 2.05) is 6.07 Å². The van der Waals surface area contributed by atoms with E-state index in [9.17, 15) is 8.42 Å². The maximum absolute atomic E-state index is 12.6. The molecule has 0 bridgehead atoms. The van der Waals surface area contributed by atoms with Crippen LogP contribution in [0.4, 0.5) is 0 Å². The van der Waals surface area contributed by atoms with Crippen LogP contribution in [0.1, 0.15) is 24.0 Å². The maximum Gasteiger partial charge on any atom is 0.340 e. The summed E-state index contributed by atoms with van der Waals surface area (Å²) < 4.78 is 36.4. The monoisotopic (exact) mass is 430 g/mol. The van der Waals surface area contributed by atoms with Gasteiger partial charge < -0.3 is 25.2 Å². The number of hydrogen-bond donors (Lipinski definition) is 2. The maximum atomic E-state index is 12.6. The van der Waals surface area contributed by atoms with E-state index in [0.717, 1.165) is 18.4 Å². The van der Waals surface area contributed by atoms with Gasteiger partial charge in [-0.2, -0.15) is 13.7 Å². The molecule has 0 aliphatic heterocycles. The summed E-state index contributed by atoms with van der Waals surface area (Å²) in [6.07, 6.45) is 1.81. The van der Waals surface area contributed by atoms with Crippen molar-refractivity contribution in [1.29, 1.82) is 5.26 Å². The molecule has 9 nitrogen and oxygen atoms in total. The summed E-state index contributed by atoms with van der Waals surface area (Å²) in [5.74, 6) is 0.410. The number of oxime groups is 1. The lowest BCUT2D eigenvalue weighted by molar-refractivity contribution is 0.0714. The van der Waals surface area contributed by atoms with Crippen molar-refractivity contribution in [3.05, 3.63) is 53.6 Å². The van der Waals surface area contributed by atoms with E-state index >= 15 is 0 Å². The van der Waals surface area contributed by atoms with E-state index < -0.39 is 10.1 Å². The van der Waals surface area contributed by atoms with Crippen molar-refractivity contribution in [2.24, 2.45) is 22.0 Å². The highest BCUT2D eigenvalue weighted by atomic mass is 32.2. The molecule has 1 aliphatic rings. The molecular formula is C20H22N4O5S. The quantitative estimate of drug-likeness (QED) is 0.265. The molecule has 0 unspecified atom stereocenters. The first kappa shape index (κ1) is 21.3. The first-order valence-corrected chi connectivity index (χ1v) is 10.5. The highest BCUT2D eigenvalue weighted by Crippen LogP contribution is 2.46. The summed E-state index contributed by atoms with van der Waals surface area (Å²) in [6, 6.07) is 12.6. The molecule has 0 aromatic heterocycles. The van der Waals surface area contributed by atoms with E-state index in [-0.39, 0.29) is 27.6 Å². The molecule has 4 N–H and O–H groups in total. The number of hydrogen-bond acceptors (Lipinski definition) is 7. The highest BCUT2D eigenvalue weighted by Gasteiger charge is 2.45. The van der Waals surface area contributed by atoms with Gasteiger partial charge in [0.15, 0.2) is 0 Å². The topological polar surface area (TPSA) is 150 Å². The van der Waals surface area contributed by atoms with E-state index in [0.29, 0.717) is 19.0 Å². The van der Waals surface area contributed by atoms with Gasteiger partial charge in [0.05, 0.1) is 12.2 Å². The first-order valence-electron chi connectivity index (χ1n) is 9.12. The van der Waals surface area contributed by atoms with Crippen LogP contribution in [0, 0.1) is 23.7 Å². The molecule has 0 spiro atoms. The van der Waals surface area contributed by atoms with Gasteiger partial charge in [0.1, 0.15) is 29.1 Å². The molecule has 2 aromatic carbocycles. The standard InChI is InChI=1S/C20H22N4O5S/c1-14-8-16(27-12-20(6-7-20)13-28-24-19(22)23)10-17(9-14)29-30(25,26)18-5-3-2-4-15(18)11-21/h2-5,8-10H,6-7,12-13H2,1H3,(H4,22,23,24). The van der Waals surface area contributed by atoms with Gasteiger partial charge in [-0.25, -0.2) is 0 Å². The zero-order valence-electron chi connectivity index (χ0n) is 16.4. The fraction of sp³-hybridized carbons (Fsp3) is 0.300. The average Bonchev–Trinajstić information content (AvgIpc) is 3.45. The van der Waals surface area contributed by atoms with E-state index in [4.69, 9.17) is 30.5 Å². The Balaban J connectivity index is 1.71. The normalized spacial score (nSPS) is 14.3. The molecule has 1 fully saturated rings. The van der Waals surface area contributed by atoms with Gasteiger partial charge in [0.25, 0.3) is 0 Å². The largest absolute Gasteiger partial charge is 0.493 e. The number of nitriles is 1. The minimum atomic E-state index is -4.18. The van der Waals surface area contributed by atoms with Crippen LogP contribution in [-0.2, 0) is 15.0 Å². The molecular weight excluding hydrogens is 408 g/mol. The second-order valence-corrected chi connectivity index (χ2v) is 8.72. The number of rotatable bonds is 9. The van der Waals surface area contributed by atoms with Crippen molar-refractivity contribution >= 4 is 16.1 Å². The summed E-state index contributed by atoms with van der Waals surface area (Å²) in [4.78, 5) is 4.93. The predicted octanol–water partition coefficient (Wildman–Crippen LogP) is 2.00. The smallest absolute Gasteiger partial charge is 0.340 e. The van der Waals surface area contributed by atoms with Crippen molar-refractivity contribution in [1.82, 2.24) is 0 Å². The summed E-state index contributed by atoms with van der Waals surface area (Å²) >= 11 is 0. The Morgan fingerprint density at radius 1 is 1.17 bits per heavy atom. The summed E-state index contributed by atoms with van der Waals surface area (Å²) in [5.41, 5.74) is 11.1. The van der Waals surface area contributed by atoms with Crippen LogP contribution in [0.3, 0.4) is 0 Å². The van der Waals surface area contributed by atoms with Crippen LogP contribution in [0.15, 0.2) is 52.5 Å². The second kappa shape index (κ2) is 8.51. The molecule has 10 heteroatoms. The Morgan fingerprint density at radius 2 is 1.87 bits per heavy atom. The lowest BCUT2D eigenvalue weighted by Gasteiger charge is -2.16. The number of aryl methyl sites for hydroxylation is 1. The van der Waals surface area contributed by atoms with E-state index in [1.54, 1.807) is 25.1 Å². The molecule has 3 rings (SSSR count). The third-order valence-corrected chi connectivity index (χ3v) is 5.86. The number of guanidine groups is 1. The Labute approximate surface area is 174 Å². The lowest BCUT2D eigenvalue weighted by Crippen LogP contribution is -2.24. The Bertz CT molecular complexity index is 1100. The molecule has 0 atom stereocenters. The van der Waals surface area contributed by atoms with Gasteiger partial charge in [-0.3, -0.25) is 0 Å². The van der Waals surface area contributed by atoms with E-state index in [1.165, 1.54) is 24.3 Å². The van der Waals surface area contributed by atoms with Gasteiger partial charge >= 0.3 is 10.1 Å². The van der Waals surface area contributed by atoms with Crippen LogP contribution in [0.25, 0.3) is 0 Å². The highest BCUT2D eigenvalue weighted by molar-refractivity contribution is 7.87. The van der Waals surface area contributed by atoms with Crippen molar-refractivity contribution < 1.29 is 22.2 Å². The third-order valence-electron chi connectivity index (χ3n) is 4.55. The first-order chi connectivity index (χ1) is 14.2. The van der Waals surface area contributed by atoms with Gasteiger partial charge in [0, 0.05) is 11.5 Å². The molecule has 2 aromatic rings. The molecule has 0 heterocycles. The number of benzene rings is 2. The Morgan fingerprint density at radius 3 is 2.53 bits per heavy atom. The molecule has 0 saturated heterocycles. The van der Waals surface area contributed by atoms with Crippen molar-refractivity contribution in [3.8, 4) is 17.6 Å². The Hall–Kier alpha value is -3.45. The van der Waals surface area contributed by atoms with Crippen molar-refractivity contribution in [2.45, 2.75) is 24.7 Å². The Kier molecular flexibility index (Phi) is 6.03. The lowest BCUT2D eigenvalue weighted by atomic mass is 10.1. The molecule has 0 radical (unpaired) electrons. The minimum absolute atomic E-state index is 0.0121.